The van der Waals surface area contributed by atoms with Crippen LogP contribution >= 0.6 is 0 Å². The molecule has 0 bridgehead atoms. The Morgan fingerprint density at radius 1 is 1.39 bits per heavy atom. The van der Waals surface area contributed by atoms with Gasteiger partial charge in [-0.05, 0) is 17.7 Å². The number of benzene rings is 1. The summed E-state index contributed by atoms with van der Waals surface area (Å²) in [7, 11) is 1.70. The second kappa shape index (κ2) is 5.59. The first-order valence-corrected chi connectivity index (χ1v) is 5.83. The molecule has 1 N–H and O–H groups in total. The van der Waals surface area contributed by atoms with Gasteiger partial charge in [-0.3, -0.25) is 0 Å². The molecule has 0 spiro atoms. The average Bonchev–Trinajstić information content (AvgIpc) is 2.81. The van der Waals surface area contributed by atoms with Crippen LogP contribution in [0, 0.1) is 0 Å². The third kappa shape index (κ3) is 2.84. The summed E-state index contributed by atoms with van der Waals surface area (Å²) in [4.78, 5) is 1.38. The fourth-order valence-corrected chi connectivity index (χ4v) is 1.63. The minimum Gasteiger partial charge on any atom is -0.485 e. The zero-order valence-corrected chi connectivity index (χ0v) is 10.4. The van der Waals surface area contributed by atoms with Crippen LogP contribution in [0.4, 0.5) is 0 Å². The first-order chi connectivity index (χ1) is 8.70. The Kier molecular flexibility index (Phi) is 3.88. The molecule has 0 fully saturated rings. The molecule has 96 valence electrons. The topological polar surface area (TPSA) is 73.1 Å². The molecule has 0 amide bonds. The van der Waals surface area contributed by atoms with Gasteiger partial charge in [-0.15, -0.1) is 10.2 Å². The third-order valence-electron chi connectivity index (χ3n) is 2.57. The molecule has 2 rings (SSSR count). The van der Waals surface area contributed by atoms with Crippen LogP contribution in [-0.4, -0.2) is 25.3 Å². The van der Waals surface area contributed by atoms with Crippen molar-refractivity contribution in [2.75, 3.05) is 0 Å². The summed E-state index contributed by atoms with van der Waals surface area (Å²) in [5.74, 6) is 1.16. The Bertz CT molecular complexity index is 512. The van der Waals surface area contributed by atoms with Gasteiger partial charge in [-0.1, -0.05) is 25.1 Å². The van der Waals surface area contributed by atoms with E-state index in [1.807, 2.05) is 31.2 Å². The van der Waals surface area contributed by atoms with E-state index in [-0.39, 0.29) is 6.61 Å². The quantitative estimate of drug-likeness (QED) is 0.861. The van der Waals surface area contributed by atoms with Crippen LogP contribution in [0.25, 0.3) is 0 Å². The third-order valence-corrected chi connectivity index (χ3v) is 2.57. The highest BCUT2D eigenvalue weighted by atomic mass is 16.5. The molecule has 0 radical (unpaired) electrons. The van der Waals surface area contributed by atoms with Crippen molar-refractivity contribution in [1.82, 2.24) is 20.2 Å². The van der Waals surface area contributed by atoms with Gasteiger partial charge in [0.2, 0.25) is 5.82 Å². The largest absolute Gasteiger partial charge is 0.485 e. The minimum absolute atomic E-state index is 0.237. The Balaban J connectivity index is 2.09. The van der Waals surface area contributed by atoms with Gasteiger partial charge in [0.1, 0.15) is 5.75 Å². The monoisotopic (exact) mass is 248 g/mol. The molecule has 1 atom stereocenters. The smallest absolute Gasteiger partial charge is 0.212 e. The van der Waals surface area contributed by atoms with Crippen molar-refractivity contribution in [1.29, 1.82) is 0 Å². The summed E-state index contributed by atoms with van der Waals surface area (Å²) >= 11 is 0. The van der Waals surface area contributed by atoms with Crippen molar-refractivity contribution in [3.63, 3.8) is 0 Å². The maximum absolute atomic E-state index is 9.88. The molecule has 1 aromatic carbocycles. The standard InChI is InChI=1S/C12H16N4O2/c1-3-10(17)9-6-4-5-7-11(9)18-8-12-13-15-16(2)14-12/h4-7,10,17H,3,8H2,1-2H3. The number of aliphatic hydroxyl groups excluding tert-OH is 1. The van der Waals surface area contributed by atoms with Crippen LogP contribution in [0.5, 0.6) is 5.75 Å². The van der Waals surface area contributed by atoms with Gasteiger partial charge in [0.15, 0.2) is 6.61 Å². The molecule has 6 heteroatoms. The number of ether oxygens (including phenoxy) is 1. The summed E-state index contributed by atoms with van der Waals surface area (Å²) in [5.41, 5.74) is 0.781. The van der Waals surface area contributed by atoms with Gasteiger partial charge < -0.3 is 9.84 Å². The highest BCUT2D eigenvalue weighted by Crippen LogP contribution is 2.27. The lowest BCUT2D eigenvalue weighted by Crippen LogP contribution is -2.03. The lowest BCUT2D eigenvalue weighted by atomic mass is 10.1. The lowest BCUT2D eigenvalue weighted by molar-refractivity contribution is 0.166. The van der Waals surface area contributed by atoms with E-state index in [0.29, 0.717) is 18.0 Å². The van der Waals surface area contributed by atoms with Crippen LogP contribution < -0.4 is 4.74 Å². The Morgan fingerprint density at radius 2 is 2.17 bits per heavy atom. The molecular weight excluding hydrogens is 232 g/mol. The fourth-order valence-electron chi connectivity index (χ4n) is 1.63. The van der Waals surface area contributed by atoms with Crippen molar-refractivity contribution < 1.29 is 9.84 Å². The second-order valence-electron chi connectivity index (χ2n) is 3.95. The molecule has 1 unspecified atom stereocenters. The van der Waals surface area contributed by atoms with E-state index in [2.05, 4.69) is 15.4 Å². The number of hydrogen-bond donors (Lipinski definition) is 1. The first kappa shape index (κ1) is 12.5. The summed E-state index contributed by atoms with van der Waals surface area (Å²) in [5, 5.41) is 21.5. The summed E-state index contributed by atoms with van der Waals surface area (Å²) in [6.45, 7) is 2.16. The molecule has 0 aliphatic rings. The van der Waals surface area contributed by atoms with Crippen molar-refractivity contribution in [3.05, 3.63) is 35.7 Å². The summed E-state index contributed by atoms with van der Waals surface area (Å²) < 4.78 is 5.62. The lowest BCUT2D eigenvalue weighted by Gasteiger charge is -2.13. The second-order valence-corrected chi connectivity index (χ2v) is 3.95. The highest BCUT2D eigenvalue weighted by Gasteiger charge is 2.11. The van der Waals surface area contributed by atoms with Crippen LogP contribution in [0.2, 0.25) is 0 Å². The van der Waals surface area contributed by atoms with Crippen molar-refractivity contribution in [2.24, 2.45) is 7.05 Å². The van der Waals surface area contributed by atoms with Gasteiger partial charge in [-0.25, -0.2) is 0 Å². The van der Waals surface area contributed by atoms with E-state index in [4.69, 9.17) is 4.74 Å². The van der Waals surface area contributed by atoms with Gasteiger partial charge in [-0.2, -0.15) is 4.80 Å². The molecule has 0 aliphatic heterocycles. The number of hydrogen-bond acceptors (Lipinski definition) is 5. The molecule has 1 aromatic heterocycles. The predicted molar refractivity (Wildman–Crippen MR) is 64.8 cm³/mol. The number of rotatable bonds is 5. The van der Waals surface area contributed by atoms with Crippen molar-refractivity contribution in [2.45, 2.75) is 26.1 Å². The van der Waals surface area contributed by atoms with E-state index in [0.717, 1.165) is 5.56 Å². The molecular formula is C12H16N4O2. The van der Waals surface area contributed by atoms with Crippen LogP contribution in [-0.2, 0) is 13.7 Å². The molecule has 0 saturated heterocycles. The van der Waals surface area contributed by atoms with Crippen molar-refractivity contribution >= 4 is 0 Å². The molecule has 0 saturated carbocycles. The van der Waals surface area contributed by atoms with Crippen LogP contribution in [0.3, 0.4) is 0 Å². The molecule has 2 aromatic rings. The van der Waals surface area contributed by atoms with Gasteiger partial charge in [0.05, 0.1) is 13.2 Å². The fraction of sp³-hybridized carbons (Fsp3) is 0.417. The number of aliphatic hydroxyl groups is 1. The van der Waals surface area contributed by atoms with Crippen LogP contribution in [0.1, 0.15) is 30.8 Å². The predicted octanol–water partition coefficient (Wildman–Crippen LogP) is 1.23. The number of tetrazole rings is 1. The van der Waals surface area contributed by atoms with Crippen molar-refractivity contribution in [3.8, 4) is 5.75 Å². The zero-order valence-electron chi connectivity index (χ0n) is 10.4. The highest BCUT2D eigenvalue weighted by molar-refractivity contribution is 5.35. The van der Waals surface area contributed by atoms with E-state index in [9.17, 15) is 5.11 Å². The number of aryl methyl sites for hydroxylation is 1. The van der Waals surface area contributed by atoms with E-state index >= 15 is 0 Å². The van der Waals surface area contributed by atoms with E-state index in [1.165, 1.54) is 4.80 Å². The Hall–Kier alpha value is -1.95. The number of aromatic nitrogens is 4. The first-order valence-electron chi connectivity index (χ1n) is 5.83. The van der Waals surface area contributed by atoms with Gasteiger partial charge in [0.25, 0.3) is 0 Å². The summed E-state index contributed by atoms with van der Waals surface area (Å²) in [6, 6.07) is 7.42. The maximum Gasteiger partial charge on any atom is 0.212 e. The van der Waals surface area contributed by atoms with Gasteiger partial charge in [0, 0.05) is 5.56 Å². The molecule has 1 heterocycles. The zero-order chi connectivity index (χ0) is 13.0. The van der Waals surface area contributed by atoms with Crippen LogP contribution in [0.15, 0.2) is 24.3 Å². The average molecular weight is 248 g/mol. The normalized spacial score (nSPS) is 12.4. The van der Waals surface area contributed by atoms with E-state index < -0.39 is 6.10 Å². The van der Waals surface area contributed by atoms with Gasteiger partial charge >= 0.3 is 0 Å². The Morgan fingerprint density at radius 3 is 2.83 bits per heavy atom. The molecule has 6 nitrogen and oxygen atoms in total. The summed E-state index contributed by atoms with van der Waals surface area (Å²) in [6.07, 6.45) is 0.125. The molecule has 0 aliphatic carbocycles. The molecule has 18 heavy (non-hydrogen) atoms. The minimum atomic E-state index is -0.518. The van der Waals surface area contributed by atoms with E-state index in [1.54, 1.807) is 7.05 Å². The SMILES string of the molecule is CCC(O)c1ccccc1OCc1nnn(C)n1. The Labute approximate surface area is 105 Å². The number of nitrogens with zero attached hydrogens (tertiary/aromatic N) is 4. The number of para-hydroxylation sites is 1. The maximum atomic E-state index is 9.88.